The molecule has 4 rings (SSSR count). The number of carbonyl (C=O) groups excluding carboxylic acids is 3. The first-order chi connectivity index (χ1) is 14.3. The van der Waals surface area contributed by atoms with Crippen molar-refractivity contribution in [1.82, 2.24) is 20.9 Å². The van der Waals surface area contributed by atoms with Crippen LogP contribution < -0.4 is 16.0 Å². The monoisotopic (exact) mass is 412 g/mol. The Morgan fingerprint density at radius 1 is 1.13 bits per heavy atom. The molecule has 0 spiro atoms. The van der Waals surface area contributed by atoms with Gasteiger partial charge < -0.3 is 15.5 Å². The number of fused-ring (bicyclic) bond motifs is 1. The molecule has 0 aromatic heterocycles. The number of rotatable bonds is 6. The van der Waals surface area contributed by atoms with Crippen LogP contribution in [0.5, 0.6) is 0 Å². The van der Waals surface area contributed by atoms with E-state index in [9.17, 15) is 14.4 Å². The number of hydrogen-bond acceptors (Lipinski definition) is 5. The summed E-state index contributed by atoms with van der Waals surface area (Å²) in [5, 5.41) is 9.36. The van der Waals surface area contributed by atoms with Crippen LogP contribution in [-0.4, -0.2) is 48.3 Å². The molecule has 3 N–H and O–H groups in total. The van der Waals surface area contributed by atoms with Crippen LogP contribution in [0.2, 0.25) is 0 Å². The molecule has 2 fully saturated rings. The molecule has 0 radical (unpaired) electrons. The van der Waals surface area contributed by atoms with Gasteiger partial charge >= 0.3 is 0 Å². The molecule has 0 saturated carbocycles. The molecule has 3 amide bonds. The Hall–Kier alpha value is -2.25. The van der Waals surface area contributed by atoms with Crippen molar-refractivity contribution >= 4 is 17.7 Å². The topological polar surface area (TPSA) is 90.5 Å². The van der Waals surface area contributed by atoms with Gasteiger partial charge in [-0.1, -0.05) is 26.0 Å². The molecule has 3 heterocycles. The van der Waals surface area contributed by atoms with Gasteiger partial charge in [0.1, 0.15) is 6.04 Å². The van der Waals surface area contributed by atoms with E-state index in [1.54, 1.807) is 4.90 Å². The highest BCUT2D eigenvalue weighted by atomic mass is 16.2. The van der Waals surface area contributed by atoms with Crippen LogP contribution in [0, 0.1) is 11.3 Å². The summed E-state index contributed by atoms with van der Waals surface area (Å²) in [4.78, 5) is 38.1. The van der Waals surface area contributed by atoms with E-state index in [0.29, 0.717) is 25.1 Å². The average molecular weight is 413 g/mol. The number of imide groups is 1. The number of piperidine rings is 2. The van der Waals surface area contributed by atoms with Crippen molar-refractivity contribution in [3.63, 3.8) is 0 Å². The smallest absolute Gasteiger partial charge is 0.255 e. The normalized spacial score (nSPS) is 22.9. The molecule has 0 aliphatic carbocycles. The van der Waals surface area contributed by atoms with Crippen molar-refractivity contribution in [3.05, 3.63) is 34.9 Å². The second kappa shape index (κ2) is 8.47. The van der Waals surface area contributed by atoms with Crippen LogP contribution in [0.3, 0.4) is 0 Å². The van der Waals surface area contributed by atoms with Crippen molar-refractivity contribution < 1.29 is 14.4 Å². The SMILES string of the molecule is CC(C)(CNCc1ccc2c(c1)C(=O)N(C1CCC(=O)NC1=O)C2)C1CCNCC1. The highest BCUT2D eigenvalue weighted by Gasteiger charge is 2.39. The third-order valence-corrected chi connectivity index (χ3v) is 6.95. The summed E-state index contributed by atoms with van der Waals surface area (Å²) in [6, 6.07) is 5.45. The van der Waals surface area contributed by atoms with Gasteiger partial charge in [0, 0.05) is 31.6 Å². The van der Waals surface area contributed by atoms with E-state index in [-0.39, 0.29) is 29.6 Å². The number of benzene rings is 1. The predicted molar refractivity (Wildman–Crippen MR) is 114 cm³/mol. The molecule has 3 aliphatic rings. The van der Waals surface area contributed by atoms with Crippen LogP contribution in [0.15, 0.2) is 18.2 Å². The van der Waals surface area contributed by atoms with E-state index < -0.39 is 6.04 Å². The lowest BCUT2D eigenvalue weighted by Gasteiger charge is -2.37. The standard InChI is InChI=1S/C23H32N4O3/c1-23(2,17-7-9-24-10-8-17)14-25-12-15-3-4-16-13-27(22(30)18(16)11-15)19-5-6-20(28)26-21(19)29/h3-4,11,17,19,24-25H,5-10,12-14H2,1-2H3,(H,26,28,29). The molecule has 1 atom stereocenters. The summed E-state index contributed by atoms with van der Waals surface area (Å²) in [6.07, 6.45) is 3.11. The summed E-state index contributed by atoms with van der Waals surface area (Å²) in [5.41, 5.74) is 2.94. The zero-order chi connectivity index (χ0) is 21.3. The lowest BCUT2D eigenvalue weighted by atomic mass is 9.74. The van der Waals surface area contributed by atoms with Crippen molar-refractivity contribution in [2.75, 3.05) is 19.6 Å². The van der Waals surface area contributed by atoms with E-state index in [1.165, 1.54) is 12.8 Å². The molecule has 3 aliphatic heterocycles. The first-order valence-corrected chi connectivity index (χ1v) is 11.0. The Balaban J connectivity index is 1.36. The van der Waals surface area contributed by atoms with Crippen molar-refractivity contribution in [2.45, 2.75) is 58.7 Å². The number of carbonyl (C=O) groups is 3. The zero-order valence-electron chi connectivity index (χ0n) is 17.9. The van der Waals surface area contributed by atoms with Crippen molar-refractivity contribution in [3.8, 4) is 0 Å². The van der Waals surface area contributed by atoms with Gasteiger partial charge in [-0.2, -0.15) is 0 Å². The van der Waals surface area contributed by atoms with E-state index in [2.05, 4.69) is 35.9 Å². The Morgan fingerprint density at radius 3 is 2.63 bits per heavy atom. The van der Waals surface area contributed by atoms with Gasteiger partial charge in [0.05, 0.1) is 0 Å². The molecular weight excluding hydrogens is 380 g/mol. The largest absolute Gasteiger partial charge is 0.322 e. The van der Waals surface area contributed by atoms with E-state index in [4.69, 9.17) is 0 Å². The van der Waals surface area contributed by atoms with Crippen LogP contribution in [0.25, 0.3) is 0 Å². The Kier molecular flexibility index (Phi) is 5.93. The molecule has 30 heavy (non-hydrogen) atoms. The van der Waals surface area contributed by atoms with Crippen molar-refractivity contribution in [2.24, 2.45) is 11.3 Å². The van der Waals surface area contributed by atoms with Gasteiger partial charge in [-0.05, 0) is 60.9 Å². The summed E-state index contributed by atoms with van der Waals surface area (Å²) in [5.74, 6) is -0.0260. The number of amides is 3. The van der Waals surface area contributed by atoms with Crippen molar-refractivity contribution in [1.29, 1.82) is 0 Å². The summed E-state index contributed by atoms with van der Waals surface area (Å²) < 4.78 is 0. The first kappa shape index (κ1) is 21.0. The maximum absolute atomic E-state index is 12.9. The van der Waals surface area contributed by atoms with E-state index in [0.717, 1.165) is 36.7 Å². The first-order valence-electron chi connectivity index (χ1n) is 11.0. The van der Waals surface area contributed by atoms with Gasteiger partial charge in [0.25, 0.3) is 5.91 Å². The minimum absolute atomic E-state index is 0.114. The van der Waals surface area contributed by atoms with Crippen LogP contribution in [-0.2, 0) is 22.7 Å². The van der Waals surface area contributed by atoms with Gasteiger partial charge in [-0.15, -0.1) is 0 Å². The Morgan fingerprint density at radius 2 is 1.90 bits per heavy atom. The van der Waals surface area contributed by atoms with Gasteiger partial charge in [0.2, 0.25) is 11.8 Å². The quantitative estimate of drug-likeness (QED) is 0.617. The highest BCUT2D eigenvalue weighted by Crippen LogP contribution is 2.33. The molecule has 2 saturated heterocycles. The minimum atomic E-state index is -0.560. The minimum Gasteiger partial charge on any atom is -0.322 e. The Bertz CT molecular complexity index is 845. The third kappa shape index (κ3) is 4.27. The predicted octanol–water partition coefficient (Wildman–Crippen LogP) is 1.56. The molecule has 1 aromatic rings. The summed E-state index contributed by atoms with van der Waals surface area (Å²) >= 11 is 0. The molecule has 1 aromatic carbocycles. The zero-order valence-corrected chi connectivity index (χ0v) is 17.9. The van der Waals surface area contributed by atoms with Crippen LogP contribution in [0.1, 0.15) is 61.0 Å². The van der Waals surface area contributed by atoms with Gasteiger partial charge in [0.15, 0.2) is 0 Å². The number of nitrogens with one attached hydrogen (secondary N) is 3. The maximum atomic E-state index is 12.9. The highest BCUT2D eigenvalue weighted by molar-refractivity contribution is 6.05. The fourth-order valence-corrected chi connectivity index (χ4v) is 4.99. The molecular formula is C23H32N4O3. The second-order valence-electron chi connectivity index (χ2n) is 9.51. The fourth-order valence-electron chi connectivity index (χ4n) is 4.99. The average Bonchev–Trinajstić information content (AvgIpc) is 3.05. The lowest BCUT2D eigenvalue weighted by Crippen LogP contribution is -2.52. The van der Waals surface area contributed by atoms with Gasteiger partial charge in [-0.3, -0.25) is 19.7 Å². The van der Waals surface area contributed by atoms with Gasteiger partial charge in [-0.25, -0.2) is 0 Å². The van der Waals surface area contributed by atoms with Crippen LogP contribution in [0.4, 0.5) is 0 Å². The van der Waals surface area contributed by atoms with E-state index in [1.807, 2.05) is 12.1 Å². The molecule has 7 heteroatoms. The molecule has 1 unspecified atom stereocenters. The number of hydrogen-bond donors (Lipinski definition) is 3. The van der Waals surface area contributed by atoms with E-state index >= 15 is 0 Å². The number of nitrogens with zero attached hydrogens (tertiary/aromatic N) is 1. The molecule has 0 bridgehead atoms. The maximum Gasteiger partial charge on any atom is 0.255 e. The molecule has 7 nitrogen and oxygen atoms in total. The lowest BCUT2D eigenvalue weighted by molar-refractivity contribution is -0.136. The molecule has 162 valence electrons. The Labute approximate surface area is 178 Å². The third-order valence-electron chi connectivity index (χ3n) is 6.95. The summed E-state index contributed by atoms with van der Waals surface area (Å²) in [6.45, 7) is 8.95. The van der Waals surface area contributed by atoms with Crippen LogP contribution >= 0.6 is 0 Å². The summed E-state index contributed by atoms with van der Waals surface area (Å²) in [7, 11) is 0. The second-order valence-corrected chi connectivity index (χ2v) is 9.51. The fraction of sp³-hybridized carbons (Fsp3) is 0.609.